The Morgan fingerprint density at radius 3 is 2.44 bits per heavy atom. The second-order valence-corrected chi connectivity index (χ2v) is 11.7. The number of unbranched alkanes of at least 4 members (excludes halogenated alkanes) is 1. The number of rotatable bonds is 5. The topological polar surface area (TPSA) is 20.2 Å². The standard InChI is InChI=1S/C26H44O/c1-18(2)7-5-6-8-19-10-12-23-22-11-9-20-17-21(27)13-15-26(20,4)24(22)14-16-25(19,23)3/h9,11,18-24,27H,5-8,10,12-17H2,1-4H3/t19-,20?,21?,22-,23-,24-,25+,26+/m0/s1. The summed E-state index contributed by atoms with van der Waals surface area (Å²) in [7, 11) is 0. The summed E-state index contributed by atoms with van der Waals surface area (Å²) in [6.45, 7) is 9.97. The SMILES string of the molecule is CC(C)CCCC[C@H]1CC[C@H]2[C@@H]3C=CC4CC(O)CC[C@@]4(C)[C@H]3CC[C@]12C. The van der Waals surface area contributed by atoms with Crippen molar-refractivity contribution in [2.24, 2.45) is 46.3 Å². The molecule has 1 heteroatoms. The first-order valence-corrected chi connectivity index (χ1v) is 12.2. The van der Waals surface area contributed by atoms with Crippen molar-refractivity contribution in [2.45, 2.75) is 104 Å². The van der Waals surface area contributed by atoms with Crippen LogP contribution in [-0.2, 0) is 0 Å². The van der Waals surface area contributed by atoms with E-state index in [0.717, 1.165) is 42.4 Å². The largest absolute Gasteiger partial charge is 0.393 e. The van der Waals surface area contributed by atoms with E-state index in [4.69, 9.17) is 0 Å². The van der Waals surface area contributed by atoms with Crippen LogP contribution in [-0.4, -0.2) is 11.2 Å². The quantitative estimate of drug-likeness (QED) is 0.407. The molecule has 3 saturated carbocycles. The van der Waals surface area contributed by atoms with Gasteiger partial charge in [0.2, 0.25) is 0 Å². The highest BCUT2D eigenvalue weighted by molar-refractivity contribution is 5.18. The lowest BCUT2D eigenvalue weighted by molar-refractivity contribution is -0.0776. The average molecular weight is 373 g/mol. The van der Waals surface area contributed by atoms with Crippen molar-refractivity contribution in [3.8, 4) is 0 Å². The fraction of sp³-hybridized carbons (Fsp3) is 0.923. The van der Waals surface area contributed by atoms with Gasteiger partial charge in [0, 0.05) is 0 Å². The molecule has 4 rings (SSSR count). The van der Waals surface area contributed by atoms with Crippen LogP contribution in [0.2, 0.25) is 0 Å². The van der Waals surface area contributed by atoms with Crippen LogP contribution in [0.3, 0.4) is 0 Å². The zero-order chi connectivity index (χ0) is 19.2. The van der Waals surface area contributed by atoms with E-state index in [1.165, 1.54) is 57.8 Å². The predicted octanol–water partition coefficient (Wildman–Crippen LogP) is 7.00. The Labute approximate surface area is 168 Å². The van der Waals surface area contributed by atoms with Gasteiger partial charge in [-0.1, -0.05) is 59.1 Å². The minimum atomic E-state index is -0.0557. The lowest BCUT2D eigenvalue weighted by atomic mass is 9.46. The molecule has 0 heterocycles. The maximum absolute atomic E-state index is 10.2. The maximum Gasteiger partial charge on any atom is 0.0546 e. The molecule has 0 radical (unpaired) electrons. The summed E-state index contributed by atoms with van der Waals surface area (Å²) in [6.07, 6.45) is 20.0. The third-order valence-corrected chi connectivity index (χ3v) is 9.92. The Morgan fingerprint density at radius 2 is 1.67 bits per heavy atom. The second-order valence-electron chi connectivity index (χ2n) is 11.7. The summed E-state index contributed by atoms with van der Waals surface area (Å²) in [6, 6.07) is 0. The zero-order valence-corrected chi connectivity index (χ0v) is 18.4. The van der Waals surface area contributed by atoms with E-state index in [-0.39, 0.29) is 6.10 Å². The number of aliphatic hydroxyl groups is 1. The van der Waals surface area contributed by atoms with E-state index in [1.54, 1.807) is 0 Å². The van der Waals surface area contributed by atoms with Crippen LogP contribution < -0.4 is 0 Å². The van der Waals surface area contributed by atoms with Gasteiger partial charge in [0.25, 0.3) is 0 Å². The normalized spacial score (nSPS) is 49.0. The average Bonchev–Trinajstić information content (AvgIpc) is 2.96. The molecule has 4 aliphatic carbocycles. The molecule has 0 aliphatic heterocycles. The van der Waals surface area contributed by atoms with Crippen LogP contribution in [0.25, 0.3) is 0 Å². The van der Waals surface area contributed by atoms with Gasteiger partial charge in [-0.15, -0.1) is 0 Å². The van der Waals surface area contributed by atoms with E-state index >= 15 is 0 Å². The van der Waals surface area contributed by atoms with Crippen molar-refractivity contribution in [3.05, 3.63) is 12.2 Å². The van der Waals surface area contributed by atoms with Gasteiger partial charge >= 0.3 is 0 Å². The molecule has 27 heavy (non-hydrogen) atoms. The van der Waals surface area contributed by atoms with Gasteiger partial charge in [0.1, 0.15) is 0 Å². The molecule has 0 aromatic carbocycles. The number of hydrogen-bond acceptors (Lipinski definition) is 1. The van der Waals surface area contributed by atoms with E-state index in [9.17, 15) is 5.11 Å². The van der Waals surface area contributed by atoms with Gasteiger partial charge in [-0.3, -0.25) is 0 Å². The van der Waals surface area contributed by atoms with Crippen LogP contribution in [0.4, 0.5) is 0 Å². The number of aliphatic hydroxyl groups excluding tert-OH is 1. The summed E-state index contributed by atoms with van der Waals surface area (Å²) in [5.41, 5.74) is 1.05. The maximum atomic E-state index is 10.2. The smallest absolute Gasteiger partial charge is 0.0546 e. The van der Waals surface area contributed by atoms with E-state index in [0.29, 0.717) is 16.7 Å². The lowest BCUT2D eigenvalue weighted by Crippen LogP contribution is -2.52. The Balaban J connectivity index is 1.46. The molecule has 0 bridgehead atoms. The van der Waals surface area contributed by atoms with Crippen LogP contribution in [0.5, 0.6) is 0 Å². The molecule has 1 N–H and O–H groups in total. The predicted molar refractivity (Wildman–Crippen MR) is 114 cm³/mol. The van der Waals surface area contributed by atoms with E-state index in [1.807, 2.05) is 0 Å². The third kappa shape index (κ3) is 3.45. The molecule has 0 spiro atoms. The van der Waals surface area contributed by atoms with E-state index < -0.39 is 0 Å². The highest BCUT2D eigenvalue weighted by atomic mass is 16.3. The number of hydrogen-bond donors (Lipinski definition) is 1. The molecule has 3 fully saturated rings. The summed E-state index contributed by atoms with van der Waals surface area (Å²) < 4.78 is 0. The Morgan fingerprint density at radius 1 is 0.926 bits per heavy atom. The zero-order valence-electron chi connectivity index (χ0n) is 18.4. The van der Waals surface area contributed by atoms with Crippen molar-refractivity contribution in [1.29, 1.82) is 0 Å². The molecule has 1 nitrogen and oxygen atoms in total. The van der Waals surface area contributed by atoms with Gasteiger partial charge in [-0.05, 0) is 97.7 Å². The van der Waals surface area contributed by atoms with Crippen molar-refractivity contribution in [1.82, 2.24) is 0 Å². The summed E-state index contributed by atoms with van der Waals surface area (Å²) in [5.74, 6) is 5.08. The van der Waals surface area contributed by atoms with Crippen LogP contribution in [0.1, 0.15) is 98.3 Å². The van der Waals surface area contributed by atoms with Crippen LogP contribution in [0, 0.1) is 46.3 Å². The molecule has 2 unspecified atom stereocenters. The van der Waals surface area contributed by atoms with Gasteiger partial charge in [0.05, 0.1) is 6.10 Å². The fourth-order valence-electron chi connectivity index (χ4n) is 8.12. The van der Waals surface area contributed by atoms with Crippen molar-refractivity contribution >= 4 is 0 Å². The first-order valence-electron chi connectivity index (χ1n) is 12.2. The minimum Gasteiger partial charge on any atom is -0.393 e. The molecule has 0 aromatic rings. The highest BCUT2D eigenvalue weighted by Crippen LogP contribution is 2.66. The van der Waals surface area contributed by atoms with Crippen molar-refractivity contribution in [2.75, 3.05) is 0 Å². The summed E-state index contributed by atoms with van der Waals surface area (Å²) in [5, 5.41) is 10.2. The molecule has 8 atom stereocenters. The van der Waals surface area contributed by atoms with Crippen LogP contribution in [0.15, 0.2) is 12.2 Å². The first kappa shape index (κ1) is 20.0. The molecule has 0 saturated heterocycles. The number of allylic oxidation sites excluding steroid dienone is 2. The van der Waals surface area contributed by atoms with Gasteiger partial charge in [0.15, 0.2) is 0 Å². The Bertz CT molecular complexity index is 550. The lowest BCUT2D eigenvalue weighted by Gasteiger charge is -2.58. The van der Waals surface area contributed by atoms with Crippen molar-refractivity contribution in [3.63, 3.8) is 0 Å². The van der Waals surface area contributed by atoms with Crippen LogP contribution >= 0.6 is 0 Å². The van der Waals surface area contributed by atoms with Gasteiger partial charge in [-0.25, -0.2) is 0 Å². The Hall–Kier alpha value is -0.300. The molecule has 154 valence electrons. The minimum absolute atomic E-state index is 0.0557. The molecule has 0 aromatic heterocycles. The second kappa shape index (κ2) is 7.51. The summed E-state index contributed by atoms with van der Waals surface area (Å²) >= 11 is 0. The molecule has 0 amide bonds. The fourth-order valence-corrected chi connectivity index (χ4v) is 8.12. The van der Waals surface area contributed by atoms with Gasteiger partial charge in [-0.2, -0.15) is 0 Å². The van der Waals surface area contributed by atoms with Gasteiger partial charge < -0.3 is 5.11 Å². The molecular weight excluding hydrogens is 328 g/mol. The third-order valence-electron chi connectivity index (χ3n) is 9.92. The van der Waals surface area contributed by atoms with Crippen molar-refractivity contribution < 1.29 is 5.11 Å². The monoisotopic (exact) mass is 372 g/mol. The summed E-state index contributed by atoms with van der Waals surface area (Å²) in [4.78, 5) is 0. The number of fused-ring (bicyclic) bond motifs is 5. The molecular formula is C26H44O. The molecule has 4 aliphatic rings. The highest BCUT2D eigenvalue weighted by Gasteiger charge is 2.58. The first-order chi connectivity index (χ1) is 12.8. The Kier molecular flexibility index (Phi) is 5.56. The van der Waals surface area contributed by atoms with E-state index in [2.05, 4.69) is 39.8 Å².